The molecular formula is C18H28N2O. The molecule has 1 aliphatic carbocycles. The summed E-state index contributed by atoms with van der Waals surface area (Å²) in [5.41, 5.74) is 2.86. The molecule has 2 rings (SSSR count). The average molecular weight is 288 g/mol. The molecule has 0 bridgehead atoms. The van der Waals surface area contributed by atoms with Gasteiger partial charge in [-0.2, -0.15) is 0 Å². The van der Waals surface area contributed by atoms with E-state index >= 15 is 0 Å². The lowest BCUT2D eigenvalue weighted by Crippen LogP contribution is -2.43. The molecule has 0 aromatic heterocycles. The van der Waals surface area contributed by atoms with Crippen LogP contribution in [0.1, 0.15) is 56.0 Å². The third kappa shape index (κ3) is 3.78. The van der Waals surface area contributed by atoms with Crippen LogP contribution in [0.25, 0.3) is 0 Å². The first kappa shape index (κ1) is 15.9. The molecule has 1 amide bonds. The van der Waals surface area contributed by atoms with Crippen molar-refractivity contribution >= 4 is 11.6 Å². The van der Waals surface area contributed by atoms with E-state index in [0.29, 0.717) is 17.9 Å². The Kier molecular flexibility index (Phi) is 5.27. The summed E-state index contributed by atoms with van der Waals surface area (Å²) < 4.78 is 0. The van der Waals surface area contributed by atoms with E-state index in [-0.39, 0.29) is 5.91 Å². The van der Waals surface area contributed by atoms with E-state index in [1.807, 2.05) is 25.1 Å². The van der Waals surface area contributed by atoms with Crippen LogP contribution in [0.4, 0.5) is 5.69 Å². The van der Waals surface area contributed by atoms with E-state index in [9.17, 15) is 4.79 Å². The minimum Gasteiger partial charge on any atom is -0.385 e. The Hall–Kier alpha value is -1.51. The highest BCUT2D eigenvalue weighted by molar-refractivity contribution is 5.99. The second-order valence-corrected chi connectivity index (χ2v) is 6.43. The Labute approximate surface area is 128 Å². The molecule has 3 unspecified atom stereocenters. The van der Waals surface area contributed by atoms with E-state index in [4.69, 9.17) is 0 Å². The van der Waals surface area contributed by atoms with E-state index in [0.717, 1.165) is 24.2 Å². The molecule has 1 fully saturated rings. The zero-order valence-corrected chi connectivity index (χ0v) is 13.7. The maximum absolute atomic E-state index is 12.6. The maximum Gasteiger partial charge on any atom is 0.253 e. The van der Waals surface area contributed by atoms with E-state index in [1.54, 1.807) is 0 Å². The number of anilines is 1. The predicted molar refractivity (Wildman–Crippen MR) is 88.8 cm³/mol. The fourth-order valence-electron chi connectivity index (χ4n) is 3.22. The van der Waals surface area contributed by atoms with Crippen molar-refractivity contribution in [2.45, 2.75) is 53.0 Å². The van der Waals surface area contributed by atoms with E-state index in [2.05, 4.69) is 31.4 Å². The average Bonchev–Trinajstić information content (AvgIpc) is 2.44. The fourth-order valence-corrected chi connectivity index (χ4v) is 3.22. The monoisotopic (exact) mass is 288 g/mol. The summed E-state index contributed by atoms with van der Waals surface area (Å²) in [6.45, 7) is 9.47. The lowest BCUT2D eigenvalue weighted by Gasteiger charge is -2.34. The van der Waals surface area contributed by atoms with Crippen LogP contribution in [-0.2, 0) is 0 Å². The van der Waals surface area contributed by atoms with Gasteiger partial charge < -0.3 is 10.6 Å². The molecule has 0 radical (unpaired) electrons. The highest BCUT2D eigenvalue weighted by Crippen LogP contribution is 2.30. The Morgan fingerprint density at radius 1 is 1.29 bits per heavy atom. The summed E-state index contributed by atoms with van der Waals surface area (Å²) in [7, 11) is 0. The van der Waals surface area contributed by atoms with E-state index in [1.165, 1.54) is 18.4 Å². The zero-order chi connectivity index (χ0) is 15.4. The van der Waals surface area contributed by atoms with Crippen LogP contribution in [0.5, 0.6) is 0 Å². The van der Waals surface area contributed by atoms with Gasteiger partial charge in [0.25, 0.3) is 5.91 Å². The van der Waals surface area contributed by atoms with Crippen LogP contribution < -0.4 is 10.6 Å². The summed E-state index contributed by atoms with van der Waals surface area (Å²) in [5.74, 6) is 1.29. The van der Waals surface area contributed by atoms with Crippen molar-refractivity contribution < 1.29 is 4.79 Å². The van der Waals surface area contributed by atoms with Gasteiger partial charge >= 0.3 is 0 Å². The van der Waals surface area contributed by atoms with Crippen LogP contribution >= 0.6 is 0 Å². The Morgan fingerprint density at radius 2 is 2.05 bits per heavy atom. The molecule has 3 nitrogen and oxygen atoms in total. The molecule has 1 aromatic rings. The molecule has 0 heterocycles. The van der Waals surface area contributed by atoms with Gasteiger partial charge in [0.05, 0.1) is 5.56 Å². The molecule has 116 valence electrons. The van der Waals surface area contributed by atoms with Gasteiger partial charge in [-0.25, -0.2) is 0 Å². The van der Waals surface area contributed by atoms with Crippen molar-refractivity contribution in [3.63, 3.8) is 0 Å². The number of aryl methyl sites for hydroxylation is 1. The molecular weight excluding hydrogens is 260 g/mol. The van der Waals surface area contributed by atoms with Gasteiger partial charge in [-0.15, -0.1) is 0 Å². The zero-order valence-electron chi connectivity index (χ0n) is 13.7. The summed E-state index contributed by atoms with van der Waals surface area (Å²) in [5, 5.41) is 6.55. The molecule has 3 atom stereocenters. The topological polar surface area (TPSA) is 41.1 Å². The quantitative estimate of drug-likeness (QED) is 0.880. The fraction of sp³-hybridized carbons (Fsp3) is 0.611. The first-order chi connectivity index (χ1) is 10.0. The van der Waals surface area contributed by atoms with Crippen molar-refractivity contribution in [1.29, 1.82) is 0 Å². The van der Waals surface area contributed by atoms with Gasteiger partial charge in [-0.1, -0.05) is 32.8 Å². The number of hydrogen-bond acceptors (Lipinski definition) is 2. The van der Waals surface area contributed by atoms with E-state index < -0.39 is 0 Å². The summed E-state index contributed by atoms with van der Waals surface area (Å²) in [6, 6.07) is 6.28. The smallest absolute Gasteiger partial charge is 0.253 e. The molecule has 21 heavy (non-hydrogen) atoms. The standard InChI is InChI=1S/C18H28N2O/c1-5-19-17-11-12(2)9-10-15(17)18(21)20-16-8-6-7-13(3)14(16)4/h9-11,13-14,16,19H,5-8H2,1-4H3,(H,20,21). The lowest BCUT2D eigenvalue weighted by molar-refractivity contribution is 0.0892. The molecule has 0 aliphatic heterocycles. The van der Waals surface area contributed by atoms with Crippen LogP contribution in [0.2, 0.25) is 0 Å². The number of carbonyl (C=O) groups excluding carboxylic acids is 1. The number of benzene rings is 1. The Morgan fingerprint density at radius 3 is 2.76 bits per heavy atom. The highest BCUT2D eigenvalue weighted by atomic mass is 16.1. The molecule has 0 saturated heterocycles. The second kappa shape index (κ2) is 6.97. The first-order valence-corrected chi connectivity index (χ1v) is 8.18. The van der Waals surface area contributed by atoms with Crippen molar-refractivity contribution in [1.82, 2.24) is 5.32 Å². The minimum atomic E-state index is 0.0527. The second-order valence-electron chi connectivity index (χ2n) is 6.43. The Balaban J connectivity index is 2.13. The molecule has 1 aromatic carbocycles. The maximum atomic E-state index is 12.6. The largest absolute Gasteiger partial charge is 0.385 e. The third-order valence-electron chi connectivity index (χ3n) is 4.81. The molecule has 1 saturated carbocycles. The van der Waals surface area contributed by atoms with Crippen molar-refractivity contribution in [2.75, 3.05) is 11.9 Å². The van der Waals surface area contributed by atoms with Gasteiger partial charge in [0.15, 0.2) is 0 Å². The SMILES string of the molecule is CCNc1cc(C)ccc1C(=O)NC1CCCC(C)C1C. The van der Waals surface area contributed by atoms with Crippen molar-refractivity contribution in [3.8, 4) is 0 Å². The predicted octanol–water partition coefficient (Wildman–Crippen LogP) is 3.98. The van der Waals surface area contributed by atoms with Crippen LogP contribution in [0, 0.1) is 18.8 Å². The molecule has 1 aliphatic rings. The van der Waals surface area contributed by atoms with Crippen molar-refractivity contribution in [2.24, 2.45) is 11.8 Å². The minimum absolute atomic E-state index is 0.0527. The normalized spacial score (nSPS) is 25.4. The number of rotatable bonds is 4. The van der Waals surface area contributed by atoms with Gasteiger partial charge in [-0.3, -0.25) is 4.79 Å². The summed E-state index contributed by atoms with van der Waals surface area (Å²) in [6.07, 6.45) is 3.59. The first-order valence-electron chi connectivity index (χ1n) is 8.18. The van der Waals surface area contributed by atoms with Crippen LogP contribution in [-0.4, -0.2) is 18.5 Å². The van der Waals surface area contributed by atoms with Gasteiger partial charge in [0.1, 0.15) is 0 Å². The lowest BCUT2D eigenvalue weighted by atomic mass is 9.78. The number of nitrogens with one attached hydrogen (secondary N) is 2. The summed E-state index contributed by atoms with van der Waals surface area (Å²) >= 11 is 0. The highest BCUT2D eigenvalue weighted by Gasteiger charge is 2.28. The molecule has 0 spiro atoms. The summed E-state index contributed by atoms with van der Waals surface area (Å²) in [4.78, 5) is 12.6. The van der Waals surface area contributed by atoms with Gasteiger partial charge in [-0.05, 0) is 49.8 Å². The van der Waals surface area contributed by atoms with Crippen molar-refractivity contribution in [3.05, 3.63) is 29.3 Å². The number of carbonyl (C=O) groups is 1. The third-order valence-corrected chi connectivity index (χ3v) is 4.81. The van der Waals surface area contributed by atoms with Gasteiger partial charge in [0, 0.05) is 18.3 Å². The van der Waals surface area contributed by atoms with Gasteiger partial charge in [0.2, 0.25) is 0 Å². The van der Waals surface area contributed by atoms with Crippen LogP contribution in [0.3, 0.4) is 0 Å². The molecule has 3 heteroatoms. The molecule has 2 N–H and O–H groups in total. The number of hydrogen-bond donors (Lipinski definition) is 2. The number of amides is 1. The Bertz CT molecular complexity index is 498. The van der Waals surface area contributed by atoms with Crippen LogP contribution in [0.15, 0.2) is 18.2 Å².